The smallest absolute Gasteiger partial charge is 0.256 e. The zero-order valence-electron chi connectivity index (χ0n) is 12.4. The summed E-state index contributed by atoms with van der Waals surface area (Å²) >= 11 is 0. The van der Waals surface area contributed by atoms with Crippen molar-refractivity contribution >= 4 is 11.6 Å². The lowest BCUT2D eigenvalue weighted by Crippen LogP contribution is -2.35. The van der Waals surface area contributed by atoms with E-state index in [-0.39, 0.29) is 17.2 Å². The summed E-state index contributed by atoms with van der Waals surface area (Å²) in [6, 6.07) is 4.40. The zero-order chi connectivity index (χ0) is 15.1. The summed E-state index contributed by atoms with van der Waals surface area (Å²) in [6.07, 6.45) is 2.04. The lowest BCUT2D eigenvalue weighted by atomic mass is 10.0. The Bertz CT molecular complexity index is 447. The molecular formula is C15H24FN3O. The molecule has 0 bridgehead atoms. The second kappa shape index (κ2) is 7.85. The van der Waals surface area contributed by atoms with Crippen molar-refractivity contribution in [2.75, 3.05) is 18.5 Å². The van der Waals surface area contributed by atoms with Crippen molar-refractivity contribution in [3.05, 3.63) is 29.6 Å². The van der Waals surface area contributed by atoms with E-state index in [0.29, 0.717) is 19.0 Å². The molecule has 0 saturated heterocycles. The van der Waals surface area contributed by atoms with Crippen molar-refractivity contribution < 1.29 is 9.18 Å². The Kier molecular flexibility index (Phi) is 6.45. The minimum absolute atomic E-state index is 0.0560. The molecule has 0 heterocycles. The van der Waals surface area contributed by atoms with Gasteiger partial charge in [0.05, 0.1) is 11.3 Å². The number of anilines is 1. The highest BCUT2D eigenvalue weighted by Crippen LogP contribution is 2.21. The maximum atomic E-state index is 13.7. The molecule has 0 unspecified atom stereocenters. The molecule has 0 aromatic heterocycles. The fraction of sp³-hybridized carbons (Fsp3) is 0.533. The van der Waals surface area contributed by atoms with Crippen molar-refractivity contribution in [1.82, 2.24) is 4.90 Å². The predicted octanol–water partition coefficient (Wildman–Crippen LogP) is 3.01. The van der Waals surface area contributed by atoms with Crippen LogP contribution in [0.1, 0.15) is 44.0 Å². The normalized spacial score (nSPS) is 10.7. The van der Waals surface area contributed by atoms with Gasteiger partial charge in [-0.2, -0.15) is 0 Å². The first-order chi connectivity index (χ1) is 9.58. The number of hydrogen-bond donors (Lipinski definition) is 2. The minimum atomic E-state index is -0.517. The second-order valence-electron chi connectivity index (χ2n) is 4.83. The fourth-order valence-corrected chi connectivity index (χ4v) is 2.23. The van der Waals surface area contributed by atoms with E-state index in [1.165, 1.54) is 12.1 Å². The largest absolute Gasteiger partial charge is 0.339 e. The molecule has 0 saturated carbocycles. The third-order valence-corrected chi connectivity index (χ3v) is 3.69. The highest BCUT2D eigenvalue weighted by Gasteiger charge is 2.21. The Hall–Kier alpha value is -1.62. The summed E-state index contributed by atoms with van der Waals surface area (Å²) in [5.41, 5.74) is 2.62. The van der Waals surface area contributed by atoms with Gasteiger partial charge in [0.1, 0.15) is 5.82 Å². The van der Waals surface area contributed by atoms with Crippen LogP contribution in [0.3, 0.4) is 0 Å². The van der Waals surface area contributed by atoms with Crippen molar-refractivity contribution in [2.24, 2.45) is 11.8 Å². The molecule has 0 aliphatic carbocycles. The molecule has 0 aliphatic heterocycles. The number of nitrogens with two attached hydrogens (primary N) is 1. The van der Waals surface area contributed by atoms with E-state index in [2.05, 4.69) is 19.3 Å². The SMILES string of the molecule is CCC(CC)CN(CC)C(=O)c1cccc(F)c1NN. The van der Waals surface area contributed by atoms with Gasteiger partial charge in [-0.15, -0.1) is 0 Å². The van der Waals surface area contributed by atoms with Gasteiger partial charge in [0.25, 0.3) is 5.91 Å². The summed E-state index contributed by atoms with van der Waals surface area (Å²) in [4.78, 5) is 14.3. The van der Waals surface area contributed by atoms with E-state index in [9.17, 15) is 9.18 Å². The summed E-state index contributed by atoms with van der Waals surface area (Å²) in [5.74, 6) is 5.08. The van der Waals surface area contributed by atoms with Gasteiger partial charge in [0.15, 0.2) is 0 Å². The molecular weight excluding hydrogens is 257 g/mol. The molecule has 4 nitrogen and oxygen atoms in total. The average molecular weight is 281 g/mol. The number of benzene rings is 1. The molecule has 0 radical (unpaired) electrons. The van der Waals surface area contributed by atoms with Crippen LogP contribution in [0.25, 0.3) is 0 Å². The number of hydrogen-bond acceptors (Lipinski definition) is 3. The van der Waals surface area contributed by atoms with Gasteiger partial charge < -0.3 is 10.3 Å². The van der Waals surface area contributed by atoms with Crippen molar-refractivity contribution in [3.8, 4) is 0 Å². The van der Waals surface area contributed by atoms with E-state index in [1.54, 1.807) is 11.0 Å². The Balaban J connectivity index is 2.99. The van der Waals surface area contributed by atoms with E-state index in [1.807, 2.05) is 6.92 Å². The van der Waals surface area contributed by atoms with Gasteiger partial charge in [-0.25, -0.2) is 4.39 Å². The number of rotatable bonds is 7. The number of nitrogen functional groups attached to an aromatic ring is 1. The summed E-state index contributed by atoms with van der Waals surface area (Å²) in [7, 11) is 0. The Labute approximate surface area is 120 Å². The number of nitrogens with zero attached hydrogens (tertiary/aromatic N) is 1. The zero-order valence-corrected chi connectivity index (χ0v) is 12.4. The number of carbonyl (C=O) groups excluding carboxylic acids is 1. The van der Waals surface area contributed by atoms with Crippen LogP contribution in [0.15, 0.2) is 18.2 Å². The number of hydrazine groups is 1. The summed E-state index contributed by atoms with van der Waals surface area (Å²) < 4.78 is 13.7. The van der Waals surface area contributed by atoms with Crippen LogP contribution in [0.4, 0.5) is 10.1 Å². The van der Waals surface area contributed by atoms with Gasteiger partial charge in [-0.05, 0) is 25.0 Å². The number of carbonyl (C=O) groups is 1. The van der Waals surface area contributed by atoms with Crippen LogP contribution >= 0.6 is 0 Å². The predicted molar refractivity (Wildman–Crippen MR) is 79.9 cm³/mol. The molecule has 1 rings (SSSR count). The maximum Gasteiger partial charge on any atom is 0.256 e. The summed E-state index contributed by atoms with van der Waals surface area (Å²) in [6.45, 7) is 7.43. The molecule has 1 aromatic carbocycles. The lowest BCUT2D eigenvalue weighted by Gasteiger charge is -2.26. The molecule has 112 valence electrons. The van der Waals surface area contributed by atoms with E-state index < -0.39 is 5.82 Å². The number of nitrogens with one attached hydrogen (secondary N) is 1. The fourth-order valence-electron chi connectivity index (χ4n) is 2.23. The molecule has 20 heavy (non-hydrogen) atoms. The highest BCUT2D eigenvalue weighted by atomic mass is 19.1. The van der Waals surface area contributed by atoms with Gasteiger partial charge in [0.2, 0.25) is 0 Å². The second-order valence-corrected chi connectivity index (χ2v) is 4.83. The Morgan fingerprint density at radius 1 is 1.35 bits per heavy atom. The van der Waals surface area contributed by atoms with Crippen LogP contribution < -0.4 is 11.3 Å². The molecule has 5 heteroatoms. The van der Waals surface area contributed by atoms with Crippen LogP contribution in [-0.4, -0.2) is 23.9 Å². The molecule has 0 spiro atoms. The monoisotopic (exact) mass is 281 g/mol. The maximum absolute atomic E-state index is 13.7. The van der Waals surface area contributed by atoms with E-state index in [0.717, 1.165) is 12.8 Å². The lowest BCUT2D eigenvalue weighted by molar-refractivity contribution is 0.0735. The Morgan fingerprint density at radius 3 is 2.50 bits per heavy atom. The highest BCUT2D eigenvalue weighted by molar-refractivity contribution is 5.99. The van der Waals surface area contributed by atoms with E-state index >= 15 is 0 Å². The third-order valence-electron chi connectivity index (χ3n) is 3.69. The quantitative estimate of drug-likeness (QED) is 0.596. The molecule has 0 fully saturated rings. The molecule has 3 N–H and O–H groups in total. The van der Waals surface area contributed by atoms with Gasteiger partial charge in [0, 0.05) is 13.1 Å². The van der Waals surface area contributed by atoms with Crippen LogP contribution in [0.2, 0.25) is 0 Å². The van der Waals surface area contributed by atoms with Crippen molar-refractivity contribution in [2.45, 2.75) is 33.6 Å². The Morgan fingerprint density at radius 2 is 2.00 bits per heavy atom. The first kappa shape index (κ1) is 16.4. The molecule has 1 aromatic rings. The molecule has 0 aliphatic rings. The van der Waals surface area contributed by atoms with Crippen molar-refractivity contribution in [1.29, 1.82) is 0 Å². The van der Waals surface area contributed by atoms with Gasteiger partial charge in [-0.1, -0.05) is 32.8 Å². The first-order valence-electron chi connectivity index (χ1n) is 7.13. The molecule has 1 amide bonds. The minimum Gasteiger partial charge on any atom is -0.339 e. The first-order valence-corrected chi connectivity index (χ1v) is 7.13. The standard InChI is InChI=1S/C15H24FN3O/c1-4-11(5-2)10-19(6-3)15(20)12-8-7-9-13(16)14(12)18-17/h7-9,11,18H,4-6,10,17H2,1-3H3. The summed E-state index contributed by atoms with van der Waals surface area (Å²) in [5, 5.41) is 0. The van der Waals surface area contributed by atoms with E-state index in [4.69, 9.17) is 5.84 Å². The number of halogens is 1. The number of para-hydroxylation sites is 1. The van der Waals surface area contributed by atoms with Gasteiger partial charge in [-0.3, -0.25) is 10.6 Å². The van der Waals surface area contributed by atoms with Gasteiger partial charge >= 0.3 is 0 Å². The average Bonchev–Trinajstić information content (AvgIpc) is 2.47. The van der Waals surface area contributed by atoms with Crippen LogP contribution in [0.5, 0.6) is 0 Å². The van der Waals surface area contributed by atoms with Crippen molar-refractivity contribution in [3.63, 3.8) is 0 Å². The number of amides is 1. The van der Waals surface area contributed by atoms with Crippen LogP contribution in [-0.2, 0) is 0 Å². The molecule has 0 atom stereocenters. The third kappa shape index (κ3) is 3.70. The van der Waals surface area contributed by atoms with Crippen LogP contribution in [0, 0.1) is 11.7 Å². The topological polar surface area (TPSA) is 58.4 Å².